The van der Waals surface area contributed by atoms with E-state index in [0.29, 0.717) is 22.4 Å². The number of H-pyrrole nitrogens is 1. The number of halogens is 1. The van der Waals surface area contributed by atoms with Gasteiger partial charge in [0.15, 0.2) is 0 Å². The van der Waals surface area contributed by atoms with Gasteiger partial charge < -0.3 is 14.8 Å². The number of aromatic amines is 1. The highest BCUT2D eigenvalue weighted by Crippen LogP contribution is 2.32. The maximum atomic E-state index is 14.2. The van der Waals surface area contributed by atoms with Crippen molar-refractivity contribution < 1.29 is 19.0 Å². The summed E-state index contributed by atoms with van der Waals surface area (Å²) in [7, 11) is 1.47. The largest absolute Gasteiger partial charge is 0.497 e. The number of carboxylic acids is 1. The molecule has 2 aromatic carbocycles. The van der Waals surface area contributed by atoms with Crippen LogP contribution in [0.2, 0.25) is 0 Å². The maximum Gasteiger partial charge on any atom is 0.352 e. The molecule has 1 heterocycles. The predicted molar refractivity (Wildman–Crippen MR) is 77.2 cm³/mol. The summed E-state index contributed by atoms with van der Waals surface area (Å²) in [6.07, 6.45) is 0. The molecule has 21 heavy (non-hydrogen) atoms. The summed E-state index contributed by atoms with van der Waals surface area (Å²) in [4.78, 5) is 13.9. The summed E-state index contributed by atoms with van der Waals surface area (Å²) in [6.45, 7) is 0. The highest BCUT2D eigenvalue weighted by atomic mass is 19.1. The standard InChI is InChI=1S/C16H12FNO3/c1-21-10-5-6-11(13(17)8-10)12-4-2-3-9-7-14(16(19)20)18-15(9)12/h2-8,18H,1H3,(H,19,20). The third-order valence-electron chi connectivity index (χ3n) is 3.35. The number of benzene rings is 2. The minimum absolute atomic E-state index is 0.0753. The van der Waals surface area contributed by atoms with E-state index >= 15 is 0 Å². The van der Waals surface area contributed by atoms with E-state index in [0.717, 1.165) is 5.39 Å². The summed E-state index contributed by atoms with van der Waals surface area (Å²) < 4.78 is 19.2. The van der Waals surface area contributed by atoms with Crippen LogP contribution in [0, 0.1) is 5.82 Å². The van der Waals surface area contributed by atoms with Crippen LogP contribution in [-0.4, -0.2) is 23.2 Å². The van der Waals surface area contributed by atoms with Crippen LogP contribution in [0.1, 0.15) is 10.5 Å². The van der Waals surface area contributed by atoms with Crippen molar-refractivity contribution in [3.8, 4) is 16.9 Å². The topological polar surface area (TPSA) is 62.3 Å². The third kappa shape index (κ3) is 2.23. The van der Waals surface area contributed by atoms with Gasteiger partial charge in [0.2, 0.25) is 0 Å². The monoisotopic (exact) mass is 285 g/mol. The Kier molecular flexibility index (Phi) is 3.10. The predicted octanol–water partition coefficient (Wildman–Crippen LogP) is 3.68. The van der Waals surface area contributed by atoms with Crippen LogP contribution in [0.5, 0.6) is 5.75 Å². The normalized spacial score (nSPS) is 10.8. The number of aromatic carboxylic acids is 1. The quantitative estimate of drug-likeness (QED) is 0.771. The van der Waals surface area contributed by atoms with Crippen molar-refractivity contribution in [3.05, 3.63) is 54.0 Å². The van der Waals surface area contributed by atoms with Gasteiger partial charge in [0.1, 0.15) is 17.3 Å². The van der Waals surface area contributed by atoms with E-state index in [1.54, 1.807) is 30.3 Å². The van der Waals surface area contributed by atoms with Crippen molar-refractivity contribution in [2.75, 3.05) is 7.11 Å². The molecule has 0 aliphatic carbocycles. The Morgan fingerprint density at radius 2 is 2.00 bits per heavy atom. The number of fused-ring (bicyclic) bond motifs is 1. The lowest BCUT2D eigenvalue weighted by Crippen LogP contribution is -1.95. The number of nitrogens with one attached hydrogen (secondary N) is 1. The lowest BCUT2D eigenvalue weighted by Gasteiger charge is -2.07. The van der Waals surface area contributed by atoms with Crippen molar-refractivity contribution in [2.24, 2.45) is 0 Å². The molecule has 0 saturated carbocycles. The summed E-state index contributed by atoms with van der Waals surface area (Å²) in [5.74, 6) is -1.04. The first-order valence-corrected chi connectivity index (χ1v) is 6.29. The molecule has 0 unspecified atom stereocenters. The number of aromatic nitrogens is 1. The Morgan fingerprint density at radius 1 is 1.19 bits per heavy atom. The van der Waals surface area contributed by atoms with Crippen molar-refractivity contribution >= 4 is 16.9 Å². The minimum Gasteiger partial charge on any atom is -0.497 e. The Bertz CT molecular complexity index is 839. The smallest absolute Gasteiger partial charge is 0.352 e. The SMILES string of the molecule is COc1ccc(-c2cccc3cc(C(=O)O)[nH]c23)c(F)c1. The second-order valence-electron chi connectivity index (χ2n) is 4.60. The fraction of sp³-hybridized carbons (Fsp3) is 0.0625. The number of hydrogen-bond donors (Lipinski definition) is 2. The number of hydrogen-bond acceptors (Lipinski definition) is 2. The average molecular weight is 285 g/mol. The van der Waals surface area contributed by atoms with E-state index in [9.17, 15) is 9.18 Å². The van der Waals surface area contributed by atoms with Gasteiger partial charge in [-0.15, -0.1) is 0 Å². The van der Waals surface area contributed by atoms with E-state index in [4.69, 9.17) is 9.84 Å². The van der Waals surface area contributed by atoms with E-state index in [-0.39, 0.29) is 5.69 Å². The first kappa shape index (κ1) is 13.2. The van der Waals surface area contributed by atoms with Crippen LogP contribution >= 0.6 is 0 Å². The number of ether oxygens (including phenoxy) is 1. The van der Waals surface area contributed by atoms with Crippen molar-refractivity contribution in [1.29, 1.82) is 0 Å². The summed E-state index contributed by atoms with van der Waals surface area (Å²) in [5.41, 5.74) is 1.67. The zero-order chi connectivity index (χ0) is 15.0. The Morgan fingerprint density at radius 3 is 2.67 bits per heavy atom. The summed E-state index contributed by atoms with van der Waals surface area (Å²) in [5, 5.41) is 9.77. The highest BCUT2D eigenvalue weighted by Gasteiger charge is 2.14. The van der Waals surface area contributed by atoms with Crippen LogP contribution in [0.3, 0.4) is 0 Å². The minimum atomic E-state index is -1.05. The van der Waals surface area contributed by atoms with Gasteiger partial charge in [-0.25, -0.2) is 9.18 Å². The molecular weight excluding hydrogens is 273 g/mol. The van der Waals surface area contributed by atoms with Crippen molar-refractivity contribution in [3.63, 3.8) is 0 Å². The number of rotatable bonds is 3. The molecule has 106 valence electrons. The zero-order valence-electron chi connectivity index (χ0n) is 11.2. The average Bonchev–Trinajstić information content (AvgIpc) is 2.91. The highest BCUT2D eigenvalue weighted by molar-refractivity contribution is 6.00. The van der Waals surface area contributed by atoms with Crippen molar-refractivity contribution in [1.82, 2.24) is 4.98 Å². The van der Waals surface area contributed by atoms with Gasteiger partial charge in [0.05, 0.1) is 12.6 Å². The number of carboxylic acid groups (broad SMARTS) is 1. The molecule has 1 aromatic heterocycles. The molecule has 0 spiro atoms. The Balaban J connectivity index is 2.22. The number of methoxy groups -OCH3 is 1. The summed E-state index contributed by atoms with van der Waals surface area (Å²) >= 11 is 0. The number of carbonyl (C=O) groups is 1. The van der Waals surface area contributed by atoms with Gasteiger partial charge >= 0.3 is 5.97 Å². The van der Waals surface area contributed by atoms with E-state index in [1.165, 1.54) is 19.2 Å². The molecule has 0 atom stereocenters. The molecule has 0 aliphatic heterocycles. The Labute approximate surface area is 119 Å². The molecule has 3 aromatic rings. The van der Waals surface area contributed by atoms with E-state index < -0.39 is 11.8 Å². The van der Waals surface area contributed by atoms with Gasteiger partial charge in [-0.3, -0.25) is 0 Å². The third-order valence-corrected chi connectivity index (χ3v) is 3.35. The van der Waals surface area contributed by atoms with Crippen LogP contribution in [-0.2, 0) is 0 Å². The zero-order valence-corrected chi connectivity index (χ0v) is 11.2. The molecule has 0 radical (unpaired) electrons. The molecule has 4 nitrogen and oxygen atoms in total. The van der Waals surface area contributed by atoms with Crippen LogP contribution in [0.15, 0.2) is 42.5 Å². The molecule has 0 amide bonds. The second-order valence-corrected chi connectivity index (χ2v) is 4.60. The van der Waals surface area contributed by atoms with Gasteiger partial charge in [-0.2, -0.15) is 0 Å². The second kappa shape index (κ2) is 4.94. The first-order valence-electron chi connectivity index (χ1n) is 6.29. The fourth-order valence-corrected chi connectivity index (χ4v) is 2.34. The maximum absolute atomic E-state index is 14.2. The van der Waals surface area contributed by atoms with Gasteiger partial charge in [-0.1, -0.05) is 18.2 Å². The van der Waals surface area contributed by atoms with Crippen molar-refractivity contribution in [2.45, 2.75) is 0 Å². The van der Waals surface area contributed by atoms with Crippen LogP contribution in [0.25, 0.3) is 22.0 Å². The van der Waals surface area contributed by atoms with E-state index in [1.807, 2.05) is 0 Å². The Hall–Kier alpha value is -2.82. The van der Waals surface area contributed by atoms with Gasteiger partial charge in [0, 0.05) is 22.6 Å². The summed E-state index contributed by atoms with van der Waals surface area (Å²) in [6, 6.07) is 11.4. The fourth-order valence-electron chi connectivity index (χ4n) is 2.34. The number of para-hydroxylation sites is 1. The first-order chi connectivity index (χ1) is 10.1. The van der Waals surface area contributed by atoms with Gasteiger partial charge in [-0.05, 0) is 18.2 Å². The molecule has 2 N–H and O–H groups in total. The molecule has 0 saturated heterocycles. The molecule has 0 aliphatic rings. The van der Waals surface area contributed by atoms with Crippen LogP contribution < -0.4 is 4.74 Å². The molecule has 3 rings (SSSR count). The molecule has 0 bridgehead atoms. The van der Waals surface area contributed by atoms with Gasteiger partial charge in [0.25, 0.3) is 0 Å². The lowest BCUT2D eigenvalue weighted by molar-refractivity contribution is 0.0691. The molecule has 5 heteroatoms. The van der Waals surface area contributed by atoms with E-state index in [2.05, 4.69) is 4.98 Å². The van der Waals surface area contributed by atoms with Crippen LogP contribution in [0.4, 0.5) is 4.39 Å². The molecular formula is C16H12FNO3. The lowest BCUT2D eigenvalue weighted by atomic mass is 10.0. The molecule has 0 fully saturated rings.